The van der Waals surface area contributed by atoms with Gasteiger partial charge >= 0.3 is 5.97 Å². The van der Waals surface area contributed by atoms with Crippen molar-refractivity contribution in [3.63, 3.8) is 0 Å². The highest BCUT2D eigenvalue weighted by atomic mass is 35.5. The predicted molar refractivity (Wildman–Crippen MR) is 130 cm³/mol. The first-order valence-corrected chi connectivity index (χ1v) is 10.6. The average molecular weight is 499 g/mol. The van der Waals surface area contributed by atoms with Crippen LogP contribution >= 0.6 is 11.6 Å². The summed E-state index contributed by atoms with van der Waals surface area (Å²) in [5.41, 5.74) is 3.26. The van der Waals surface area contributed by atoms with Gasteiger partial charge in [0.2, 0.25) is 5.75 Å². The summed E-state index contributed by atoms with van der Waals surface area (Å²) in [5.74, 6) is 0.726. The predicted octanol–water partition coefficient (Wildman–Crippen LogP) is 4.11. The summed E-state index contributed by atoms with van der Waals surface area (Å²) in [5, 5.41) is 4.30. The van der Waals surface area contributed by atoms with Gasteiger partial charge in [0.05, 0.1) is 38.1 Å². The molecule has 0 aromatic heterocycles. The molecule has 3 rings (SSSR count). The summed E-state index contributed by atoms with van der Waals surface area (Å²) >= 11 is 5.98. The molecule has 3 aromatic rings. The van der Waals surface area contributed by atoms with Crippen LogP contribution in [0.1, 0.15) is 15.9 Å². The van der Waals surface area contributed by atoms with Crippen molar-refractivity contribution < 1.29 is 33.3 Å². The zero-order valence-corrected chi connectivity index (χ0v) is 20.0. The van der Waals surface area contributed by atoms with Crippen molar-refractivity contribution in [1.29, 1.82) is 0 Å². The fraction of sp³-hybridized carbons (Fsp3) is 0.160. The Balaban J connectivity index is 1.55. The van der Waals surface area contributed by atoms with Gasteiger partial charge in [0.25, 0.3) is 5.91 Å². The molecule has 10 heteroatoms. The van der Waals surface area contributed by atoms with Crippen molar-refractivity contribution in [2.24, 2.45) is 5.10 Å². The molecule has 0 fully saturated rings. The number of esters is 1. The van der Waals surface area contributed by atoms with E-state index < -0.39 is 11.9 Å². The number of hydrogen-bond donors (Lipinski definition) is 1. The first-order chi connectivity index (χ1) is 16.9. The quantitative estimate of drug-likeness (QED) is 0.194. The number of nitrogens with one attached hydrogen (secondary N) is 1. The van der Waals surface area contributed by atoms with Crippen molar-refractivity contribution in [2.45, 2.75) is 0 Å². The molecule has 0 aliphatic carbocycles. The largest absolute Gasteiger partial charge is 0.493 e. The Morgan fingerprint density at radius 2 is 1.57 bits per heavy atom. The maximum atomic E-state index is 12.6. The molecule has 0 bridgehead atoms. The lowest BCUT2D eigenvalue weighted by Gasteiger charge is -2.13. The molecule has 0 heterocycles. The van der Waals surface area contributed by atoms with E-state index in [-0.39, 0.29) is 12.2 Å². The highest BCUT2D eigenvalue weighted by Gasteiger charge is 2.18. The fourth-order valence-electron chi connectivity index (χ4n) is 2.90. The summed E-state index contributed by atoms with van der Waals surface area (Å²) in [6, 6.07) is 16.4. The minimum Gasteiger partial charge on any atom is -0.493 e. The molecule has 1 N–H and O–H groups in total. The number of benzene rings is 3. The average Bonchev–Trinajstić information content (AvgIpc) is 2.88. The van der Waals surface area contributed by atoms with E-state index in [2.05, 4.69) is 10.5 Å². The van der Waals surface area contributed by atoms with E-state index in [1.54, 1.807) is 48.5 Å². The third-order valence-corrected chi connectivity index (χ3v) is 4.90. The first-order valence-electron chi connectivity index (χ1n) is 10.3. The molecule has 0 saturated carbocycles. The first kappa shape index (κ1) is 25.4. The number of methoxy groups -OCH3 is 3. The van der Waals surface area contributed by atoms with Crippen molar-refractivity contribution in [1.82, 2.24) is 5.43 Å². The molecule has 0 spiro atoms. The summed E-state index contributed by atoms with van der Waals surface area (Å²) < 4.78 is 26.5. The number of carbonyl (C=O) groups excluding carboxylic acids is 2. The maximum Gasteiger partial charge on any atom is 0.343 e. The van der Waals surface area contributed by atoms with Gasteiger partial charge in [-0.25, -0.2) is 10.2 Å². The minimum atomic E-state index is -0.601. The van der Waals surface area contributed by atoms with Crippen LogP contribution in [-0.4, -0.2) is 46.0 Å². The molecular formula is C25H23ClN2O7. The van der Waals surface area contributed by atoms with E-state index in [9.17, 15) is 9.59 Å². The number of nitrogens with zero attached hydrogens (tertiary/aromatic N) is 1. The van der Waals surface area contributed by atoms with E-state index >= 15 is 0 Å². The second-order valence-electron chi connectivity index (χ2n) is 6.88. The van der Waals surface area contributed by atoms with E-state index in [4.69, 9.17) is 35.3 Å². The van der Waals surface area contributed by atoms with Gasteiger partial charge in [-0.15, -0.1) is 0 Å². The van der Waals surface area contributed by atoms with Crippen LogP contribution < -0.4 is 29.1 Å². The Morgan fingerprint density at radius 1 is 0.914 bits per heavy atom. The molecule has 0 unspecified atom stereocenters. The van der Waals surface area contributed by atoms with E-state index in [1.807, 2.05) is 0 Å². The maximum absolute atomic E-state index is 12.6. The Kier molecular flexibility index (Phi) is 8.91. The highest BCUT2D eigenvalue weighted by Crippen LogP contribution is 2.38. The molecule has 0 radical (unpaired) electrons. The monoisotopic (exact) mass is 498 g/mol. The topological polar surface area (TPSA) is 105 Å². The van der Waals surface area contributed by atoms with E-state index in [0.29, 0.717) is 39.3 Å². The van der Waals surface area contributed by atoms with Gasteiger partial charge < -0.3 is 23.7 Å². The summed E-state index contributed by atoms with van der Waals surface area (Å²) in [6.07, 6.45) is 1.44. The number of hydrogen-bond acceptors (Lipinski definition) is 8. The van der Waals surface area contributed by atoms with Gasteiger partial charge in [-0.2, -0.15) is 5.10 Å². The van der Waals surface area contributed by atoms with Crippen molar-refractivity contribution in [3.05, 3.63) is 76.8 Å². The van der Waals surface area contributed by atoms with Gasteiger partial charge in [-0.05, 0) is 54.1 Å². The zero-order valence-electron chi connectivity index (χ0n) is 19.2. The Morgan fingerprint density at radius 3 is 2.17 bits per heavy atom. The van der Waals surface area contributed by atoms with Gasteiger partial charge in [0, 0.05) is 0 Å². The highest BCUT2D eigenvalue weighted by molar-refractivity contribution is 6.32. The number of amides is 1. The summed E-state index contributed by atoms with van der Waals surface area (Å²) in [6.45, 7) is -0.239. The molecule has 9 nitrogen and oxygen atoms in total. The number of ether oxygens (including phenoxy) is 5. The molecule has 1 amide bonds. The van der Waals surface area contributed by atoms with Crippen molar-refractivity contribution in [2.75, 3.05) is 27.9 Å². The molecule has 35 heavy (non-hydrogen) atoms. The molecule has 182 valence electrons. The smallest absolute Gasteiger partial charge is 0.343 e. The molecule has 3 aromatic carbocycles. The second-order valence-corrected chi connectivity index (χ2v) is 7.29. The van der Waals surface area contributed by atoms with Gasteiger partial charge in [0.1, 0.15) is 11.5 Å². The molecule has 0 aliphatic rings. The Bertz CT molecular complexity index is 1190. The van der Waals surface area contributed by atoms with Gasteiger partial charge in [-0.3, -0.25) is 4.79 Å². The minimum absolute atomic E-state index is 0.229. The Hall–Kier alpha value is -4.24. The fourth-order valence-corrected chi connectivity index (χ4v) is 3.09. The van der Waals surface area contributed by atoms with Crippen LogP contribution in [0.4, 0.5) is 0 Å². The van der Waals surface area contributed by atoms with Gasteiger partial charge in [-0.1, -0.05) is 23.7 Å². The van der Waals surface area contributed by atoms with Crippen LogP contribution in [0, 0.1) is 0 Å². The lowest BCUT2D eigenvalue weighted by atomic mass is 10.2. The number of para-hydroxylation sites is 1. The molecule has 0 saturated heterocycles. The molecule has 0 atom stereocenters. The lowest BCUT2D eigenvalue weighted by Crippen LogP contribution is -2.24. The van der Waals surface area contributed by atoms with E-state index in [0.717, 1.165) is 0 Å². The summed E-state index contributed by atoms with van der Waals surface area (Å²) in [4.78, 5) is 24.5. The normalized spacial score (nSPS) is 10.5. The van der Waals surface area contributed by atoms with Crippen LogP contribution in [0.2, 0.25) is 5.02 Å². The van der Waals surface area contributed by atoms with Crippen molar-refractivity contribution in [3.8, 4) is 28.7 Å². The number of hydrazone groups is 1. The van der Waals surface area contributed by atoms with Crippen LogP contribution in [0.15, 0.2) is 65.8 Å². The van der Waals surface area contributed by atoms with Crippen LogP contribution in [0.25, 0.3) is 0 Å². The van der Waals surface area contributed by atoms with Crippen LogP contribution in [0.5, 0.6) is 28.7 Å². The Labute approximate surface area is 207 Å². The number of rotatable bonds is 10. The third-order valence-electron chi connectivity index (χ3n) is 4.59. The van der Waals surface area contributed by atoms with Gasteiger partial charge in [0.15, 0.2) is 18.1 Å². The standard InChI is InChI=1S/C25H23ClN2O7/c1-31-21-12-17(13-22(32-2)24(21)33-3)25(30)35-18-10-8-16(9-11-18)14-27-28-23(29)15-34-20-7-5-4-6-19(20)26/h4-14H,15H2,1-3H3,(H,28,29). The third kappa shape index (κ3) is 6.87. The van der Waals surface area contributed by atoms with Crippen molar-refractivity contribution >= 4 is 29.7 Å². The van der Waals surface area contributed by atoms with Crippen LogP contribution in [0.3, 0.4) is 0 Å². The number of halogens is 1. The SMILES string of the molecule is COc1cc(C(=O)Oc2ccc(C=NNC(=O)COc3ccccc3Cl)cc2)cc(OC)c1OC. The zero-order chi connectivity index (χ0) is 25.2. The molecule has 0 aliphatic heterocycles. The van der Waals surface area contributed by atoms with E-state index in [1.165, 1.54) is 39.7 Å². The second kappa shape index (κ2) is 12.3. The number of carbonyl (C=O) groups is 2. The molecular weight excluding hydrogens is 476 g/mol. The lowest BCUT2D eigenvalue weighted by molar-refractivity contribution is -0.123. The summed E-state index contributed by atoms with van der Waals surface area (Å²) in [7, 11) is 4.39. The van der Waals surface area contributed by atoms with Crippen LogP contribution in [-0.2, 0) is 4.79 Å².